The highest BCUT2D eigenvalue weighted by atomic mass is 16.4. The predicted octanol–water partition coefficient (Wildman–Crippen LogP) is 0.683. The lowest BCUT2D eigenvalue weighted by molar-refractivity contribution is -0.143. The SMILES string of the molecule is CCN(CC(C)C(=O)O)C(=O)CC(C)(C)N. The van der Waals surface area contributed by atoms with Gasteiger partial charge in [-0.15, -0.1) is 0 Å². The second-order valence-electron chi connectivity index (χ2n) is 4.84. The molecule has 0 saturated carbocycles. The van der Waals surface area contributed by atoms with Gasteiger partial charge in [-0.2, -0.15) is 0 Å². The molecule has 0 aliphatic carbocycles. The van der Waals surface area contributed by atoms with Crippen LogP contribution in [0.15, 0.2) is 0 Å². The van der Waals surface area contributed by atoms with E-state index in [0.29, 0.717) is 6.54 Å². The standard InChI is InChI=1S/C11H22N2O3/c1-5-13(7-8(2)10(15)16)9(14)6-11(3,4)12/h8H,5-7,12H2,1-4H3,(H,15,16). The molecular weight excluding hydrogens is 208 g/mol. The number of carboxylic acids is 1. The minimum absolute atomic E-state index is 0.0944. The normalized spacial score (nSPS) is 13.3. The summed E-state index contributed by atoms with van der Waals surface area (Å²) >= 11 is 0. The summed E-state index contributed by atoms with van der Waals surface area (Å²) in [5, 5.41) is 8.78. The van der Waals surface area contributed by atoms with Crippen LogP contribution in [-0.2, 0) is 9.59 Å². The molecule has 0 aromatic carbocycles. The second kappa shape index (κ2) is 5.84. The van der Waals surface area contributed by atoms with Gasteiger partial charge < -0.3 is 15.7 Å². The van der Waals surface area contributed by atoms with Crippen molar-refractivity contribution >= 4 is 11.9 Å². The summed E-state index contributed by atoms with van der Waals surface area (Å²) in [5.41, 5.74) is 5.20. The fourth-order valence-corrected chi connectivity index (χ4v) is 1.32. The van der Waals surface area contributed by atoms with Crippen molar-refractivity contribution in [3.8, 4) is 0 Å². The summed E-state index contributed by atoms with van der Waals surface area (Å²) in [6.45, 7) is 7.72. The number of amides is 1. The molecule has 0 rings (SSSR count). The number of hydrogen-bond acceptors (Lipinski definition) is 3. The molecule has 0 saturated heterocycles. The molecule has 0 aromatic heterocycles. The van der Waals surface area contributed by atoms with Crippen molar-refractivity contribution in [1.29, 1.82) is 0 Å². The second-order valence-corrected chi connectivity index (χ2v) is 4.84. The first-order valence-corrected chi connectivity index (χ1v) is 5.47. The lowest BCUT2D eigenvalue weighted by Gasteiger charge is -2.26. The molecule has 5 nitrogen and oxygen atoms in total. The minimum Gasteiger partial charge on any atom is -0.481 e. The maximum Gasteiger partial charge on any atom is 0.308 e. The summed E-state index contributed by atoms with van der Waals surface area (Å²) in [5.74, 6) is -1.54. The predicted molar refractivity (Wildman–Crippen MR) is 61.9 cm³/mol. The van der Waals surface area contributed by atoms with Gasteiger partial charge in [0.25, 0.3) is 0 Å². The number of aliphatic carboxylic acids is 1. The van der Waals surface area contributed by atoms with E-state index in [-0.39, 0.29) is 18.9 Å². The molecule has 1 unspecified atom stereocenters. The Labute approximate surface area is 96.6 Å². The third kappa shape index (κ3) is 5.70. The Bertz CT molecular complexity index is 258. The first-order chi connectivity index (χ1) is 7.17. The van der Waals surface area contributed by atoms with Gasteiger partial charge in [-0.1, -0.05) is 6.92 Å². The molecule has 5 heteroatoms. The van der Waals surface area contributed by atoms with Crippen LogP contribution in [-0.4, -0.2) is 40.5 Å². The van der Waals surface area contributed by atoms with Crippen LogP contribution in [0, 0.1) is 5.92 Å². The Kier molecular flexibility index (Phi) is 5.44. The van der Waals surface area contributed by atoms with Gasteiger partial charge in [-0.25, -0.2) is 0 Å². The van der Waals surface area contributed by atoms with Gasteiger partial charge in [0.1, 0.15) is 0 Å². The van der Waals surface area contributed by atoms with Gasteiger partial charge in [-0.05, 0) is 20.8 Å². The minimum atomic E-state index is -0.891. The van der Waals surface area contributed by atoms with Crippen LogP contribution in [0.3, 0.4) is 0 Å². The number of carbonyl (C=O) groups excluding carboxylic acids is 1. The van der Waals surface area contributed by atoms with Crippen LogP contribution in [0.5, 0.6) is 0 Å². The third-order valence-corrected chi connectivity index (χ3v) is 2.26. The molecule has 0 spiro atoms. The first kappa shape index (κ1) is 14.9. The molecule has 0 aliphatic rings. The van der Waals surface area contributed by atoms with Crippen molar-refractivity contribution in [2.45, 2.75) is 39.7 Å². The highest BCUT2D eigenvalue weighted by Crippen LogP contribution is 2.09. The van der Waals surface area contributed by atoms with Gasteiger partial charge in [0, 0.05) is 25.0 Å². The van der Waals surface area contributed by atoms with E-state index in [1.54, 1.807) is 20.8 Å². The lowest BCUT2D eigenvalue weighted by atomic mass is 10.0. The average molecular weight is 230 g/mol. The van der Waals surface area contributed by atoms with E-state index in [4.69, 9.17) is 10.8 Å². The van der Waals surface area contributed by atoms with Crippen LogP contribution in [0.25, 0.3) is 0 Å². The Morgan fingerprint density at radius 2 is 1.94 bits per heavy atom. The molecular formula is C11H22N2O3. The maximum absolute atomic E-state index is 11.8. The molecule has 94 valence electrons. The lowest BCUT2D eigenvalue weighted by Crippen LogP contribution is -2.43. The zero-order chi connectivity index (χ0) is 12.9. The van der Waals surface area contributed by atoms with Gasteiger partial charge in [0.05, 0.1) is 5.92 Å². The van der Waals surface area contributed by atoms with E-state index >= 15 is 0 Å². The van der Waals surface area contributed by atoms with Crippen molar-refractivity contribution in [2.75, 3.05) is 13.1 Å². The molecule has 3 N–H and O–H groups in total. The van der Waals surface area contributed by atoms with E-state index in [9.17, 15) is 9.59 Å². The Balaban J connectivity index is 4.39. The van der Waals surface area contributed by atoms with Crippen LogP contribution in [0.4, 0.5) is 0 Å². The van der Waals surface area contributed by atoms with Crippen molar-refractivity contribution in [2.24, 2.45) is 11.7 Å². The molecule has 0 fully saturated rings. The Morgan fingerprint density at radius 3 is 2.25 bits per heavy atom. The monoisotopic (exact) mass is 230 g/mol. The van der Waals surface area contributed by atoms with Crippen LogP contribution in [0.2, 0.25) is 0 Å². The molecule has 0 aliphatic heterocycles. The van der Waals surface area contributed by atoms with E-state index in [2.05, 4.69) is 0 Å². The van der Waals surface area contributed by atoms with Crippen molar-refractivity contribution in [3.05, 3.63) is 0 Å². The summed E-state index contributed by atoms with van der Waals surface area (Å²) in [6.07, 6.45) is 0.229. The van der Waals surface area contributed by atoms with E-state index < -0.39 is 17.4 Å². The van der Waals surface area contributed by atoms with Gasteiger partial charge >= 0.3 is 5.97 Å². The molecule has 0 radical (unpaired) electrons. The fourth-order valence-electron chi connectivity index (χ4n) is 1.32. The highest BCUT2D eigenvalue weighted by Gasteiger charge is 2.23. The molecule has 0 bridgehead atoms. The first-order valence-electron chi connectivity index (χ1n) is 5.47. The molecule has 0 heterocycles. The van der Waals surface area contributed by atoms with Crippen molar-refractivity contribution in [3.63, 3.8) is 0 Å². The van der Waals surface area contributed by atoms with E-state index in [1.807, 2.05) is 6.92 Å². The number of carbonyl (C=O) groups is 2. The quantitative estimate of drug-likeness (QED) is 0.703. The summed E-state index contributed by atoms with van der Waals surface area (Å²) < 4.78 is 0. The summed E-state index contributed by atoms with van der Waals surface area (Å²) in [7, 11) is 0. The number of hydrogen-bond donors (Lipinski definition) is 2. The third-order valence-electron chi connectivity index (χ3n) is 2.26. The van der Waals surface area contributed by atoms with E-state index in [0.717, 1.165) is 0 Å². The van der Waals surface area contributed by atoms with Crippen LogP contribution in [0.1, 0.15) is 34.1 Å². The Morgan fingerprint density at radius 1 is 1.44 bits per heavy atom. The Hall–Kier alpha value is -1.10. The van der Waals surface area contributed by atoms with Crippen molar-refractivity contribution < 1.29 is 14.7 Å². The fraction of sp³-hybridized carbons (Fsp3) is 0.818. The van der Waals surface area contributed by atoms with Gasteiger partial charge in [0.15, 0.2) is 0 Å². The topological polar surface area (TPSA) is 83.6 Å². The largest absolute Gasteiger partial charge is 0.481 e. The number of rotatable bonds is 6. The van der Waals surface area contributed by atoms with Crippen LogP contribution >= 0.6 is 0 Å². The number of nitrogens with zero attached hydrogens (tertiary/aromatic N) is 1. The van der Waals surface area contributed by atoms with Crippen LogP contribution < -0.4 is 5.73 Å². The van der Waals surface area contributed by atoms with Gasteiger partial charge in [-0.3, -0.25) is 9.59 Å². The van der Waals surface area contributed by atoms with E-state index in [1.165, 1.54) is 4.90 Å². The average Bonchev–Trinajstić information content (AvgIpc) is 2.10. The van der Waals surface area contributed by atoms with Gasteiger partial charge in [0.2, 0.25) is 5.91 Å². The highest BCUT2D eigenvalue weighted by molar-refractivity contribution is 5.78. The van der Waals surface area contributed by atoms with Crippen molar-refractivity contribution in [1.82, 2.24) is 4.90 Å². The zero-order valence-corrected chi connectivity index (χ0v) is 10.5. The molecule has 1 amide bonds. The summed E-state index contributed by atoms with van der Waals surface area (Å²) in [4.78, 5) is 24.0. The molecule has 16 heavy (non-hydrogen) atoms. The zero-order valence-electron chi connectivity index (χ0n) is 10.5. The number of nitrogens with two attached hydrogens (primary N) is 1. The molecule has 1 atom stereocenters. The number of carboxylic acid groups (broad SMARTS) is 1. The smallest absolute Gasteiger partial charge is 0.308 e. The molecule has 0 aromatic rings. The maximum atomic E-state index is 11.8. The summed E-state index contributed by atoms with van der Waals surface area (Å²) in [6, 6.07) is 0.